The van der Waals surface area contributed by atoms with Crippen molar-refractivity contribution in [1.29, 1.82) is 0 Å². The molecule has 138 valence electrons. The number of fused-ring (bicyclic) bond motifs is 1. The molecule has 1 atom stereocenters. The topological polar surface area (TPSA) is 58.2 Å². The average Bonchev–Trinajstić information content (AvgIpc) is 3.23. The highest BCUT2D eigenvalue weighted by atomic mass is 79.9. The van der Waals surface area contributed by atoms with Crippen LogP contribution < -0.4 is 0 Å². The first-order chi connectivity index (χ1) is 13.2. The van der Waals surface area contributed by atoms with Crippen LogP contribution in [0.3, 0.4) is 0 Å². The second-order valence-electron chi connectivity index (χ2n) is 6.53. The Hall–Kier alpha value is -2.44. The van der Waals surface area contributed by atoms with Crippen molar-refractivity contribution < 1.29 is 9.53 Å². The summed E-state index contributed by atoms with van der Waals surface area (Å²) in [6, 6.07) is 18.0. The van der Waals surface area contributed by atoms with Gasteiger partial charge < -0.3 is 9.64 Å². The molecule has 27 heavy (non-hydrogen) atoms. The Morgan fingerprint density at radius 2 is 1.89 bits per heavy atom. The predicted molar refractivity (Wildman–Crippen MR) is 108 cm³/mol. The van der Waals surface area contributed by atoms with Crippen LogP contribution in [0.4, 0.5) is 0 Å². The number of methoxy groups -OCH3 is 1. The van der Waals surface area contributed by atoms with Gasteiger partial charge in [-0.2, -0.15) is 5.10 Å². The van der Waals surface area contributed by atoms with Crippen molar-refractivity contribution in [3.63, 3.8) is 0 Å². The van der Waals surface area contributed by atoms with Crippen molar-refractivity contribution in [1.82, 2.24) is 15.1 Å². The van der Waals surface area contributed by atoms with Crippen LogP contribution in [0.5, 0.6) is 0 Å². The lowest BCUT2D eigenvalue weighted by molar-refractivity contribution is 0.0723. The average molecular weight is 426 g/mol. The Bertz CT molecular complexity index is 938. The lowest BCUT2D eigenvalue weighted by atomic mass is 9.96. The SMILES string of the molecule is COCCCN1C(=O)c2[nH]nc(-c3ccc(Br)cc3)c2C1c1ccccc1. The third-order valence-electron chi connectivity index (χ3n) is 4.84. The molecule has 2 aromatic carbocycles. The number of halogens is 1. The van der Waals surface area contributed by atoms with E-state index in [4.69, 9.17) is 4.74 Å². The van der Waals surface area contributed by atoms with E-state index in [1.54, 1.807) is 7.11 Å². The van der Waals surface area contributed by atoms with Gasteiger partial charge in [-0.15, -0.1) is 0 Å². The van der Waals surface area contributed by atoms with Gasteiger partial charge in [0.25, 0.3) is 5.91 Å². The molecule has 0 bridgehead atoms. The second kappa shape index (κ2) is 7.66. The van der Waals surface area contributed by atoms with Gasteiger partial charge in [0.15, 0.2) is 0 Å². The Morgan fingerprint density at radius 3 is 2.59 bits per heavy atom. The monoisotopic (exact) mass is 425 g/mol. The van der Waals surface area contributed by atoms with E-state index >= 15 is 0 Å². The van der Waals surface area contributed by atoms with Gasteiger partial charge in [-0.3, -0.25) is 9.89 Å². The molecule has 1 aliphatic rings. The molecule has 3 aromatic rings. The molecule has 2 heterocycles. The molecule has 1 unspecified atom stereocenters. The van der Waals surface area contributed by atoms with E-state index in [1.165, 1.54) is 0 Å². The molecule has 0 saturated heterocycles. The van der Waals surface area contributed by atoms with E-state index in [0.29, 0.717) is 18.8 Å². The Morgan fingerprint density at radius 1 is 1.15 bits per heavy atom. The van der Waals surface area contributed by atoms with Gasteiger partial charge in [-0.1, -0.05) is 58.4 Å². The normalized spacial score (nSPS) is 16.0. The molecule has 5 nitrogen and oxygen atoms in total. The number of carbonyl (C=O) groups excluding carboxylic acids is 1. The summed E-state index contributed by atoms with van der Waals surface area (Å²) in [4.78, 5) is 15.0. The summed E-state index contributed by atoms with van der Waals surface area (Å²) < 4.78 is 6.19. The minimum atomic E-state index is -0.150. The minimum Gasteiger partial charge on any atom is -0.385 e. The molecule has 1 amide bonds. The molecule has 4 rings (SSSR count). The number of nitrogens with one attached hydrogen (secondary N) is 1. The standard InChI is InChI=1S/C21H20BrN3O2/c1-27-13-5-12-25-20(15-6-3-2-4-7-15)17-18(23-24-19(17)21(25)26)14-8-10-16(22)11-9-14/h2-4,6-11,20H,5,12-13H2,1H3,(H,23,24). The lowest BCUT2D eigenvalue weighted by Gasteiger charge is -2.26. The Labute approximate surface area is 166 Å². The van der Waals surface area contributed by atoms with Gasteiger partial charge in [0.2, 0.25) is 0 Å². The maximum atomic E-state index is 13.1. The smallest absolute Gasteiger partial charge is 0.273 e. The van der Waals surface area contributed by atoms with Gasteiger partial charge in [-0.05, 0) is 24.1 Å². The molecular weight excluding hydrogens is 406 g/mol. The zero-order chi connectivity index (χ0) is 18.8. The molecule has 1 aromatic heterocycles. The highest BCUT2D eigenvalue weighted by molar-refractivity contribution is 9.10. The summed E-state index contributed by atoms with van der Waals surface area (Å²) in [5.74, 6) is -0.00850. The number of ether oxygens (including phenoxy) is 1. The molecule has 6 heteroatoms. The van der Waals surface area contributed by atoms with Crippen LogP contribution >= 0.6 is 15.9 Å². The fourth-order valence-corrected chi connectivity index (χ4v) is 3.88. The van der Waals surface area contributed by atoms with Gasteiger partial charge >= 0.3 is 0 Å². The molecule has 0 radical (unpaired) electrons. The van der Waals surface area contributed by atoms with E-state index in [0.717, 1.165) is 33.3 Å². The van der Waals surface area contributed by atoms with E-state index in [9.17, 15) is 4.79 Å². The quantitative estimate of drug-likeness (QED) is 0.594. The van der Waals surface area contributed by atoms with E-state index in [1.807, 2.05) is 47.4 Å². The number of amides is 1. The zero-order valence-corrected chi connectivity index (χ0v) is 16.6. The molecule has 0 fully saturated rings. The summed E-state index contributed by atoms with van der Waals surface area (Å²) in [5, 5.41) is 7.47. The van der Waals surface area contributed by atoms with Crippen LogP contribution in [0.25, 0.3) is 11.3 Å². The molecule has 1 N–H and O–H groups in total. The molecular formula is C21H20BrN3O2. The Kier molecular flexibility index (Phi) is 5.09. The summed E-state index contributed by atoms with van der Waals surface area (Å²) in [6.45, 7) is 1.26. The maximum absolute atomic E-state index is 13.1. The number of hydrogen-bond donors (Lipinski definition) is 1. The highest BCUT2D eigenvalue weighted by Gasteiger charge is 2.41. The van der Waals surface area contributed by atoms with Crippen LogP contribution in [0.15, 0.2) is 59.1 Å². The fraction of sp³-hybridized carbons (Fsp3) is 0.238. The number of H-pyrrole nitrogens is 1. The number of benzene rings is 2. The highest BCUT2D eigenvalue weighted by Crippen LogP contribution is 2.42. The number of aromatic nitrogens is 2. The summed E-state index contributed by atoms with van der Waals surface area (Å²) in [7, 11) is 1.68. The number of hydrogen-bond acceptors (Lipinski definition) is 3. The van der Waals surface area contributed by atoms with Crippen LogP contribution in [0, 0.1) is 0 Å². The second-order valence-corrected chi connectivity index (χ2v) is 7.44. The van der Waals surface area contributed by atoms with Crippen molar-refractivity contribution in [3.8, 4) is 11.3 Å². The minimum absolute atomic E-state index is 0.00850. The lowest BCUT2D eigenvalue weighted by Crippen LogP contribution is -2.31. The largest absolute Gasteiger partial charge is 0.385 e. The van der Waals surface area contributed by atoms with Gasteiger partial charge in [0.05, 0.1) is 11.7 Å². The van der Waals surface area contributed by atoms with E-state index in [2.05, 4.69) is 38.3 Å². The third-order valence-corrected chi connectivity index (χ3v) is 5.37. The third kappa shape index (κ3) is 3.31. The summed E-state index contributed by atoms with van der Waals surface area (Å²) in [5.41, 5.74) is 4.43. The summed E-state index contributed by atoms with van der Waals surface area (Å²) in [6.07, 6.45) is 0.789. The van der Waals surface area contributed by atoms with E-state index in [-0.39, 0.29) is 11.9 Å². The van der Waals surface area contributed by atoms with Crippen LogP contribution in [-0.2, 0) is 4.74 Å². The molecule has 0 saturated carbocycles. The van der Waals surface area contributed by atoms with Gasteiger partial charge in [-0.25, -0.2) is 0 Å². The van der Waals surface area contributed by atoms with Crippen LogP contribution in [-0.4, -0.2) is 41.3 Å². The van der Waals surface area contributed by atoms with Crippen molar-refractivity contribution in [2.24, 2.45) is 0 Å². The molecule has 0 spiro atoms. The van der Waals surface area contributed by atoms with Crippen molar-refractivity contribution in [3.05, 3.63) is 75.9 Å². The van der Waals surface area contributed by atoms with Crippen molar-refractivity contribution in [2.75, 3.05) is 20.3 Å². The van der Waals surface area contributed by atoms with Crippen LogP contribution in [0.1, 0.15) is 34.1 Å². The van der Waals surface area contributed by atoms with Gasteiger partial charge in [0, 0.05) is 35.9 Å². The van der Waals surface area contributed by atoms with Gasteiger partial charge in [0.1, 0.15) is 5.69 Å². The number of nitrogens with zero attached hydrogens (tertiary/aromatic N) is 2. The first-order valence-electron chi connectivity index (χ1n) is 8.89. The zero-order valence-electron chi connectivity index (χ0n) is 15.0. The Balaban J connectivity index is 1.80. The number of carbonyl (C=O) groups is 1. The fourth-order valence-electron chi connectivity index (χ4n) is 3.62. The van der Waals surface area contributed by atoms with Crippen LogP contribution in [0.2, 0.25) is 0 Å². The molecule has 0 aliphatic carbocycles. The summed E-state index contributed by atoms with van der Waals surface area (Å²) >= 11 is 3.47. The number of rotatable bonds is 6. The predicted octanol–water partition coefficient (Wildman–Crippen LogP) is 4.42. The first-order valence-corrected chi connectivity index (χ1v) is 9.69. The first kappa shape index (κ1) is 17.9. The molecule has 1 aliphatic heterocycles. The number of aromatic amines is 1. The van der Waals surface area contributed by atoms with Crippen molar-refractivity contribution in [2.45, 2.75) is 12.5 Å². The van der Waals surface area contributed by atoms with Crippen molar-refractivity contribution >= 4 is 21.8 Å². The maximum Gasteiger partial charge on any atom is 0.273 e. The van der Waals surface area contributed by atoms with E-state index < -0.39 is 0 Å².